The van der Waals surface area contributed by atoms with E-state index in [1.54, 1.807) is 12.4 Å². The van der Waals surface area contributed by atoms with Gasteiger partial charge in [-0.15, -0.1) is 11.3 Å². The van der Waals surface area contributed by atoms with Gasteiger partial charge in [-0.1, -0.05) is 48.8 Å². The highest BCUT2D eigenvalue weighted by Gasteiger charge is 2.28. The van der Waals surface area contributed by atoms with E-state index in [1.165, 1.54) is 11.3 Å². The SMILES string of the molecule is C/C=C/C=C(/C(=O)N1CCC(Nc2ccncc2)CC1)N(Cc1cc(-c2ccc(Cl)s2)on1)/C(C)=C/C.CC. The van der Waals surface area contributed by atoms with Gasteiger partial charge in [0.1, 0.15) is 11.4 Å². The first-order valence-electron chi connectivity index (χ1n) is 13.4. The first-order chi connectivity index (χ1) is 19.0. The first-order valence-corrected chi connectivity index (χ1v) is 14.6. The quantitative estimate of drug-likeness (QED) is 0.210. The molecule has 0 radical (unpaired) electrons. The summed E-state index contributed by atoms with van der Waals surface area (Å²) in [5, 5.41) is 7.83. The van der Waals surface area contributed by atoms with Gasteiger partial charge in [0.05, 0.1) is 15.8 Å². The van der Waals surface area contributed by atoms with Gasteiger partial charge in [0.25, 0.3) is 5.91 Å². The molecule has 1 fully saturated rings. The molecule has 9 heteroatoms. The fourth-order valence-corrected chi connectivity index (χ4v) is 5.20. The second-order valence-corrected chi connectivity index (χ2v) is 10.5. The smallest absolute Gasteiger partial charge is 0.270 e. The second kappa shape index (κ2) is 15.3. The maximum atomic E-state index is 13.8. The zero-order valence-corrected chi connectivity index (χ0v) is 24.9. The number of carbonyl (C=O) groups is 1. The van der Waals surface area contributed by atoms with Crippen LogP contribution in [0.15, 0.2) is 82.9 Å². The molecule has 0 atom stereocenters. The molecule has 3 aromatic heterocycles. The topological polar surface area (TPSA) is 74.5 Å². The largest absolute Gasteiger partial charge is 0.382 e. The summed E-state index contributed by atoms with van der Waals surface area (Å²) in [5.74, 6) is 0.675. The van der Waals surface area contributed by atoms with Crippen LogP contribution in [0.1, 0.15) is 53.2 Å². The van der Waals surface area contributed by atoms with Gasteiger partial charge in [0.15, 0.2) is 5.76 Å². The molecule has 4 heterocycles. The Morgan fingerprint density at radius 1 is 1.21 bits per heavy atom. The molecule has 4 rings (SSSR count). The van der Waals surface area contributed by atoms with Gasteiger partial charge in [-0.25, -0.2) is 0 Å². The zero-order chi connectivity index (χ0) is 28.2. The summed E-state index contributed by atoms with van der Waals surface area (Å²) in [4.78, 5) is 22.8. The van der Waals surface area contributed by atoms with Gasteiger partial charge in [-0.05, 0) is 64.0 Å². The molecular formula is C30H38ClN5O2S. The fourth-order valence-electron chi connectivity index (χ4n) is 4.20. The summed E-state index contributed by atoms with van der Waals surface area (Å²) in [7, 11) is 0. The molecule has 3 aromatic rings. The van der Waals surface area contributed by atoms with Crippen molar-refractivity contribution in [3.8, 4) is 10.6 Å². The number of anilines is 1. The minimum absolute atomic E-state index is 0.00965. The highest BCUT2D eigenvalue weighted by Crippen LogP contribution is 2.32. The molecule has 1 saturated heterocycles. The Hall–Kier alpha value is -3.36. The number of carbonyl (C=O) groups excluding carboxylic acids is 1. The number of nitrogens with one attached hydrogen (secondary N) is 1. The number of allylic oxidation sites excluding steroid dienone is 5. The van der Waals surface area contributed by atoms with Crippen molar-refractivity contribution in [1.82, 2.24) is 19.9 Å². The van der Waals surface area contributed by atoms with Crippen LogP contribution in [0.3, 0.4) is 0 Å². The van der Waals surface area contributed by atoms with Crippen molar-refractivity contribution in [1.29, 1.82) is 0 Å². The van der Waals surface area contributed by atoms with Crippen molar-refractivity contribution in [2.75, 3.05) is 18.4 Å². The summed E-state index contributed by atoms with van der Waals surface area (Å²) >= 11 is 7.53. The van der Waals surface area contributed by atoms with Gasteiger partial charge < -0.3 is 19.6 Å². The number of aromatic nitrogens is 2. The van der Waals surface area contributed by atoms with E-state index in [2.05, 4.69) is 15.5 Å². The van der Waals surface area contributed by atoms with E-state index in [0.717, 1.165) is 34.8 Å². The molecule has 0 unspecified atom stereocenters. The lowest BCUT2D eigenvalue weighted by atomic mass is 10.0. The van der Waals surface area contributed by atoms with Crippen molar-refractivity contribution in [2.24, 2.45) is 0 Å². The molecular weight excluding hydrogens is 530 g/mol. The Labute approximate surface area is 240 Å². The van der Waals surface area contributed by atoms with Crippen LogP contribution in [0.2, 0.25) is 4.34 Å². The van der Waals surface area contributed by atoms with Crippen LogP contribution in [-0.2, 0) is 11.3 Å². The second-order valence-electron chi connectivity index (χ2n) is 8.83. The molecule has 1 N–H and O–H groups in total. The van der Waals surface area contributed by atoms with Gasteiger partial charge in [0, 0.05) is 49.0 Å². The standard InChI is InChI=1S/C28H32ClN5O2S.C2H6/c1-4-6-7-24(28(35)33-16-12-22(13-17-33)31-21-10-14-30-15-11-21)34(20(3)5-2)19-23-18-25(36-32-23)26-8-9-27(29)37-26;1-2/h4-11,14-15,18,22H,12-13,16-17,19H2,1-3H3,(H,30,31);1-2H3/b6-4+,20-5+,24-7-;. The first kappa shape index (κ1) is 30.2. The highest BCUT2D eigenvalue weighted by atomic mass is 35.5. The maximum Gasteiger partial charge on any atom is 0.270 e. The van der Waals surface area contributed by atoms with Crippen LogP contribution in [0, 0.1) is 0 Å². The number of amides is 1. The lowest BCUT2D eigenvalue weighted by molar-refractivity contribution is -0.129. The number of halogens is 1. The third-order valence-corrected chi connectivity index (χ3v) is 7.57. The molecule has 7 nitrogen and oxygen atoms in total. The predicted octanol–water partition coefficient (Wildman–Crippen LogP) is 7.77. The normalized spacial score (nSPS) is 14.8. The average molecular weight is 568 g/mol. The molecule has 0 bridgehead atoms. The van der Waals surface area contributed by atoms with Crippen LogP contribution >= 0.6 is 22.9 Å². The van der Waals surface area contributed by atoms with E-state index in [4.69, 9.17) is 16.1 Å². The molecule has 39 heavy (non-hydrogen) atoms. The van der Waals surface area contributed by atoms with E-state index < -0.39 is 0 Å². The Morgan fingerprint density at radius 3 is 2.54 bits per heavy atom. The number of pyridine rings is 1. The Balaban J connectivity index is 0.00000205. The van der Waals surface area contributed by atoms with Crippen LogP contribution < -0.4 is 5.32 Å². The van der Waals surface area contributed by atoms with Crippen molar-refractivity contribution < 1.29 is 9.32 Å². The van der Waals surface area contributed by atoms with E-state index in [0.29, 0.717) is 41.5 Å². The van der Waals surface area contributed by atoms with Crippen molar-refractivity contribution in [3.63, 3.8) is 0 Å². The minimum atomic E-state index is 0.00965. The highest BCUT2D eigenvalue weighted by molar-refractivity contribution is 7.19. The van der Waals surface area contributed by atoms with Gasteiger partial charge in [0.2, 0.25) is 0 Å². The molecule has 1 amide bonds. The molecule has 0 saturated carbocycles. The molecule has 1 aliphatic heterocycles. The molecule has 0 aromatic carbocycles. The number of hydrogen-bond acceptors (Lipinski definition) is 7. The molecule has 208 valence electrons. The molecule has 1 aliphatic rings. The zero-order valence-electron chi connectivity index (χ0n) is 23.4. The van der Waals surface area contributed by atoms with E-state index in [9.17, 15) is 4.79 Å². The van der Waals surface area contributed by atoms with Crippen molar-refractivity contribution >= 4 is 34.5 Å². The van der Waals surface area contributed by atoms with Crippen LogP contribution in [0.25, 0.3) is 10.6 Å². The van der Waals surface area contributed by atoms with Crippen LogP contribution in [-0.4, -0.2) is 45.0 Å². The van der Waals surface area contributed by atoms with Gasteiger partial charge in [-0.3, -0.25) is 9.78 Å². The van der Waals surface area contributed by atoms with Crippen LogP contribution in [0.5, 0.6) is 0 Å². The van der Waals surface area contributed by atoms with Gasteiger partial charge >= 0.3 is 0 Å². The Bertz CT molecular complexity index is 1270. The Morgan fingerprint density at radius 2 is 1.92 bits per heavy atom. The van der Waals surface area contributed by atoms with E-state index >= 15 is 0 Å². The summed E-state index contributed by atoms with van der Waals surface area (Å²) < 4.78 is 6.29. The summed E-state index contributed by atoms with van der Waals surface area (Å²) in [5.41, 5.74) is 3.36. The number of rotatable bonds is 9. The minimum Gasteiger partial charge on any atom is -0.382 e. The lowest BCUT2D eigenvalue weighted by Gasteiger charge is -2.36. The Kier molecular flexibility index (Phi) is 11.8. The van der Waals surface area contributed by atoms with E-state index in [-0.39, 0.29) is 5.91 Å². The third-order valence-electron chi connectivity index (χ3n) is 6.33. The predicted molar refractivity (Wildman–Crippen MR) is 162 cm³/mol. The van der Waals surface area contributed by atoms with Gasteiger partial charge in [-0.2, -0.15) is 0 Å². The molecule has 0 aliphatic carbocycles. The summed E-state index contributed by atoms with van der Waals surface area (Å²) in [6.45, 7) is 11.7. The third kappa shape index (κ3) is 8.31. The average Bonchev–Trinajstić information content (AvgIpc) is 3.63. The van der Waals surface area contributed by atoms with Crippen molar-refractivity contribution in [3.05, 3.63) is 88.5 Å². The number of hydrogen-bond donors (Lipinski definition) is 1. The van der Waals surface area contributed by atoms with Crippen LogP contribution in [0.4, 0.5) is 5.69 Å². The fraction of sp³-hybridized carbons (Fsp3) is 0.367. The number of likely N-dealkylation sites (tertiary alicyclic amines) is 1. The lowest BCUT2D eigenvalue weighted by Crippen LogP contribution is -2.45. The summed E-state index contributed by atoms with van der Waals surface area (Å²) in [6, 6.07) is 9.92. The number of nitrogens with zero attached hydrogens (tertiary/aromatic N) is 4. The monoisotopic (exact) mass is 567 g/mol. The van der Waals surface area contributed by atoms with Crippen molar-refractivity contribution in [2.45, 2.75) is 60.0 Å². The summed E-state index contributed by atoms with van der Waals surface area (Å²) in [6.07, 6.45) is 13.0. The maximum absolute atomic E-state index is 13.8. The number of thiophene rings is 1. The van der Waals surface area contributed by atoms with E-state index in [1.807, 2.05) is 99.1 Å². The number of piperidine rings is 1. The molecule has 0 spiro atoms.